The van der Waals surface area contributed by atoms with Crippen molar-refractivity contribution < 1.29 is 9.13 Å². The molecular formula is C15H21FN2O. The number of piperidine rings is 1. The fourth-order valence-corrected chi connectivity index (χ4v) is 3.71. The van der Waals surface area contributed by atoms with Gasteiger partial charge in [-0.1, -0.05) is 6.42 Å². The number of hydrogen-bond donors (Lipinski definition) is 1. The molecule has 0 bridgehead atoms. The van der Waals surface area contributed by atoms with Crippen molar-refractivity contribution in [3.8, 4) is 5.75 Å². The summed E-state index contributed by atoms with van der Waals surface area (Å²) in [5, 5.41) is 0. The minimum absolute atomic E-state index is 0.231. The minimum Gasteiger partial charge on any atom is -0.495 e. The summed E-state index contributed by atoms with van der Waals surface area (Å²) in [5.74, 6) is 1.07. The summed E-state index contributed by atoms with van der Waals surface area (Å²) in [6, 6.07) is 3.63. The van der Waals surface area contributed by atoms with Crippen molar-refractivity contribution in [3.63, 3.8) is 0 Å². The van der Waals surface area contributed by atoms with Gasteiger partial charge in [-0.3, -0.25) is 0 Å². The third-order valence-corrected chi connectivity index (χ3v) is 4.60. The standard InChI is InChI=1S/C15H21FN2O/c1-19-15-9-14(11(16)8-12(15)17)18-7-3-5-10-4-2-6-13(10)18/h8-10,13H,2-7,17H2,1H3. The Labute approximate surface area is 113 Å². The quantitative estimate of drug-likeness (QED) is 0.834. The topological polar surface area (TPSA) is 38.5 Å². The van der Waals surface area contributed by atoms with Crippen molar-refractivity contribution in [2.45, 2.75) is 38.1 Å². The molecule has 1 heterocycles. The Bertz CT molecular complexity index is 477. The molecule has 1 saturated heterocycles. The lowest BCUT2D eigenvalue weighted by molar-refractivity contribution is 0.358. The predicted molar refractivity (Wildman–Crippen MR) is 75.1 cm³/mol. The maximum Gasteiger partial charge on any atom is 0.148 e. The highest BCUT2D eigenvalue weighted by atomic mass is 19.1. The second-order valence-electron chi connectivity index (χ2n) is 5.64. The molecule has 4 heteroatoms. The molecular weight excluding hydrogens is 243 g/mol. The van der Waals surface area contributed by atoms with E-state index in [0.29, 0.717) is 23.2 Å². The third kappa shape index (κ3) is 2.13. The van der Waals surface area contributed by atoms with E-state index in [4.69, 9.17) is 10.5 Å². The van der Waals surface area contributed by atoms with Crippen LogP contribution in [0.15, 0.2) is 12.1 Å². The molecule has 2 N–H and O–H groups in total. The maximum absolute atomic E-state index is 14.2. The number of halogens is 1. The number of nitrogen functional groups attached to an aromatic ring is 1. The SMILES string of the molecule is COc1cc(N2CCCC3CCCC32)c(F)cc1N. The van der Waals surface area contributed by atoms with Gasteiger partial charge in [0, 0.05) is 24.7 Å². The second-order valence-corrected chi connectivity index (χ2v) is 5.64. The van der Waals surface area contributed by atoms with Crippen LogP contribution in [0.2, 0.25) is 0 Å². The Morgan fingerprint density at radius 1 is 1.26 bits per heavy atom. The van der Waals surface area contributed by atoms with Crippen molar-refractivity contribution in [2.24, 2.45) is 5.92 Å². The lowest BCUT2D eigenvalue weighted by Gasteiger charge is -2.39. The number of nitrogens with zero attached hydrogens (tertiary/aromatic N) is 1. The average molecular weight is 264 g/mol. The van der Waals surface area contributed by atoms with Gasteiger partial charge in [0.05, 0.1) is 18.5 Å². The van der Waals surface area contributed by atoms with Crippen molar-refractivity contribution in [1.29, 1.82) is 0 Å². The van der Waals surface area contributed by atoms with E-state index in [1.54, 1.807) is 13.2 Å². The van der Waals surface area contributed by atoms with Gasteiger partial charge in [-0.2, -0.15) is 0 Å². The Morgan fingerprint density at radius 2 is 2.05 bits per heavy atom. The monoisotopic (exact) mass is 264 g/mol. The highest BCUT2D eigenvalue weighted by Crippen LogP contribution is 2.41. The van der Waals surface area contributed by atoms with Crippen molar-refractivity contribution in [3.05, 3.63) is 17.9 Å². The van der Waals surface area contributed by atoms with E-state index in [9.17, 15) is 4.39 Å². The molecule has 3 nitrogen and oxygen atoms in total. The van der Waals surface area contributed by atoms with Gasteiger partial charge in [-0.15, -0.1) is 0 Å². The number of benzene rings is 1. The van der Waals surface area contributed by atoms with Crippen molar-refractivity contribution in [2.75, 3.05) is 24.3 Å². The summed E-state index contributed by atoms with van der Waals surface area (Å²) < 4.78 is 19.5. The van der Waals surface area contributed by atoms with Gasteiger partial charge in [0.15, 0.2) is 0 Å². The van der Waals surface area contributed by atoms with Crippen LogP contribution in [0, 0.1) is 11.7 Å². The Morgan fingerprint density at radius 3 is 2.84 bits per heavy atom. The number of fused-ring (bicyclic) bond motifs is 1. The summed E-state index contributed by atoms with van der Waals surface area (Å²) in [6.07, 6.45) is 6.16. The van der Waals surface area contributed by atoms with Gasteiger partial charge >= 0.3 is 0 Å². The number of anilines is 2. The van der Waals surface area contributed by atoms with Crippen LogP contribution >= 0.6 is 0 Å². The zero-order valence-corrected chi connectivity index (χ0v) is 11.4. The van der Waals surface area contributed by atoms with E-state index in [0.717, 1.165) is 18.9 Å². The summed E-state index contributed by atoms with van der Waals surface area (Å²) in [5.41, 5.74) is 6.77. The normalized spacial score (nSPS) is 26.3. The van der Waals surface area contributed by atoms with E-state index >= 15 is 0 Å². The Kier molecular flexibility index (Phi) is 3.25. The van der Waals surface area contributed by atoms with Gasteiger partial charge < -0.3 is 15.4 Å². The van der Waals surface area contributed by atoms with Crippen molar-refractivity contribution in [1.82, 2.24) is 0 Å². The summed E-state index contributed by atoms with van der Waals surface area (Å²) in [6.45, 7) is 0.936. The fraction of sp³-hybridized carbons (Fsp3) is 0.600. The van der Waals surface area contributed by atoms with Gasteiger partial charge in [0.1, 0.15) is 11.6 Å². The largest absolute Gasteiger partial charge is 0.495 e. The van der Waals surface area contributed by atoms with E-state index in [1.807, 2.05) is 0 Å². The van der Waals surface area contributed by atoms with Crippen LogP contribution in [0.1, 0.15) is 32.1 Å². The molecule has 0 radical (unpaired) electrons. The van der Waals surface area contributed by atoms with Gasteiger partial charge in [0.2, 0.25) is 0 Å². The Hall–Kier alpha value is -1.45. The van der Waals surface area contributed by atoms with Gasteiger partial charge in [-0.05, 0) is 31.6 Å². The molecule has 104 valence electrons. The van der Waals surface area contributed by atoms with Crippen LogP contribution in [0.5, 0.6) is 5.75 Å². The first kappa shape index (κ1) is 12.6. The fourth-order valence-electron chi connectivity index (χ4n) is 3.71. The number of ether oxygens (including phenoxy) is 1. The second kappa shape index (κ2) is 4.91. The molecule has 1 aliphatic heterocycles. The summed E-state index contributed by atoms with van der Waals surface area (Å²) in [4.78, 5) is 2.23. The lowest BCUT2D eigenvalue weighted by atomic mass is 9.91. The first-order valence-corrected chi connectivity index (χ1v) is 7.10. The molecule has 1 saturated carbocycles. The molecule has 1 aromatic carbocycles. The number of nitrogens with two attached hydrogens (primary N) is 1. The summed E-state index contributed by atoms with van der Waals surface area (Å²) in [7, 11) is 1.57. The van der Waals surface area contributed by atoms with Crippen LogP contribution in [0.3, 0.4) is 0 Å². The predicted octanol–water partition coefficient (Wildman–Crippen LogP) is 3.19. The molecule has 0 spiro atoms. The highest BCUT2D eigenvalue weighted by molar-refractivity contribution is 5.64. The van der Waals surface area contributed by atoms with Crippen LogP contribution in [-0.2, 0) is 0 Å². The third-order valence-electron chi connectivity index (χ3n) is 4.60. The lowest BCUT2D eigenvalue weighted by Crippen LogP contribution is -2.43. The molecule has 2 atom stereocenters. The Balaban J connectivity index is 1.96. The molecule has 0 amide bonds. The molecule has 2 fully saturated rings. The van der Waals surface area contributed by atoms with E-state index in [1.165, 1.54) is 31.7 Å². The van der Waals surface area contributed by atoms with E-state index < -0.39 is 0 Å². The van der Waals surface area contributed by atoms with E-state index in [2.05, 4.69) is 4.90 Å². The smallest absolute Gasteiger partial charge is 0.148 e. The average Bonchev–Trinajstić information content (AvgIpc) is 2.87. The highest BCUT2D eigenvalue weighted by Gasteiger charge is 2.36. The maximum atomic E-state index is 14.2. The first-order chi connectivity index (χ1) is 9.20. The number of hydrogen-bond acceptors (Lipinski definition) is 3. The van der Waals surface area contributed by atoms with Gasteiger partial charge in [-0.25, -0.2) is 4.39 Å². The van der Waals surface area contributed by atoms with Crippen LogP contribution in [0.25, 0.3) is 0 Å². The zero-order chi connectivity index (χ0) is 13.4. The molecule has 2 aliphatic rings. The summed E-state index contributed by atoms with van der Waals surface area (Å²) >= 11 is 0. The van der Waals surface area contributed by atoms with Crippen LogP contribution in [-0.4, -0.2) is 19.7 Å². The first-order valence-electron chi connectivity index (χ1n) is 7.10. The molecule has 0 aromatic heterocycles. The molecule has 3 rings (SSSR count). The van der Waals surface area contributed by atoms with Crippen molar-refractivity contribution >= 4 is 11.4 Å². The minimum atomic E-state index is -0.231. The molecule has 1 aliphatic carbocycles. The number of methoxy groups -OCH3 is 1. The van der Waals surface area contributed by atoms with E-state index in [-0.39, 0.29) is 5.82 Å². The molecule has 19 heavy (non-hydrogen) atoms. The molecule has 2 unspecified atom stereocenters. The van der Waals surface area contributed by atoms with Crippen LogP contribution < -0.4 is 15.4 Å². The van der Waals surface area contributed by atoms with Crippen LogP contribution in [0.4, 0.5) is 15.8 Å². The molecule has 1 aromatic rings. The van der Waals surface area contributed by atoms with Gasteiger partial charge in [0.25, 0.3) is 0 Å². The number of rotatable bonds is 2. The zero-order valence-electron chi connectivity index (χ0n) is 11.4.